The second-order valence-corrected chi connectivity index (χ2v) is 6.12. The molecule has 2 aromatic rings. The maximum absolute atomic E-state index is 12.2. The predicted molar refractivity (Wildman–Crippen MR) is 86.9 cm³/mol. The van der Waals surface area contributed by atoms with Crippen LogP contribution in [0.3, 0.4) is 0 Å². The molecule has 0 aliphatic carbocycles. The van der Waals surface area contributed by atoms with Gasteiger partial charge < -0.3 is 14.8 Å². The molecule has 1 aliphatic rings. The minimum absolute atomic E-state index is 0.0334. The average Bonchev–Trinajstić information content (AvgIpc) is 2.98. The molecule has 1 amide bonds. The van der Waals surface area contributed by atoms with Crippen LogP contribution in [0.15, 0.2) is 35.7 Å². The molecule has 0 fully saturated rings. The Morgan fingerprint density at radius 1 is 1.27 bits per heavy atom. The average molecular weight is 317 g/mol. The second kappa shape index (κ2) is 6.83. The Labute approximate surface area is 134 Å². The van der Waals surface area contributed by atoms with E-state index in [1.807, 2.05) is 35.7 Å². The van der Waals surface area contributed by atoms with Crippen molar-refractivity contribution in [3.63, 3.8) is 0 Å². The summed E-state index contributed by atoms with van der Waals surface area (Å²) in [7, 11) is 0. The van der Waals surface area contributed by atoms with Crippen molar-refractivity contribution in [3.8, 4) is 11.5 Å². The minimum atomic E-state index is -0.0354. The highest BCUT2D eigenvalue weighted by Gasteiger charge is 2.18. The smallest absolute Gasteiger partial charge is 0.261 e. The highest BCUT2D eigenvalue weighted by molar-refractivity contribution is 7.12. The van der Waals surface area contributed by atoms with Gasteiger partial charge in [0, 0.05) is 6.42 Å². The van der Waals surface area contributed by atoms with Gasteiger partial charge in [-0.15, -0.1) is 11.3 Å². The highest BCUT2D eigenvalue weighted by atomic mass is 32.1. The number of hydrogen-bond acceptors (Lipinski definition) is 4. The van der Waals surface area contributed by atoms with Crippen LogP contribution in [0.4, 0.5) is 0 Å². The lowest BCUT2D eigenvalue weighted by atomic mass is 10.0. The number of hydrogen-bond donors (Lipinski definition) is 1. The number of benzene rings is 1. The highest BCUT2D eigenvalue weighted by Crippen LogP contribution is 2.33. The first-order chi connectivity index (χ1) is 10.8. The Kier molecular flexibility index (Phi) is 4.63. The summed E-state index contributed by atoms with van der Waals surface area (Å²) < 4.78 is 11.4. The summed E-state index contributed by atoms with van der Waals surface area (Å²) in [5.41, 5.74) is 1.04. The van der Waals surface area contributed by atoms with Crippen molar-refractivity contribution in [3.05, 3.63) is 46.2 Å². The van der Waals surface area contributed by atoms with Crippen LogP contribution in [0, 0.1) is 0 Å². The van der Waals surface area contributed by atoms with Gasteiger partial charge in [-0.2, -0.15) is 0 Å². The van der Waals surface area contributed by atoms with Crippen LogP contribution < -0.4 is 14.8 Å². The van der Waals surface area contributed by atoms with E-state index in [9.17, 15) is 4.79 Å². The summed E-state index contributed by atoms with van der Waals surface area (Å²) in [6.07, 6.45) is 1.70. The standard InChI is InChI=1S/C17H19NO3S/c1-2-13(18-17(19)16-5-3-10-22-16)12-6-7-14-15(11-12)21-9-4-8-20-14/h3,5-7,10-11,13H,2,4,8-9H2,1H3,(H,18,19)/t13-/m1/s1. The van der Waals surface area contributed by atoms with Crippen LogP contribution in [0.25, 0.3) is 0 Å². The van der Waals surface area contributed by atoms with Gasteiger partial charge in [-0.05, 0) is 35.6 Å². The molecule has 1 aromatic heterocycles. The summed E-state index contributed by atoms with van der Waals surface area (Å²) in [4.78, 5) is 13.0. The van der Waals surface area contributed by atoms with E-state index < -0.39 is 0 Å². The molecule has 1 aliphatic heterocycles. The zero-order chi connectivity index (χ0) is 15.4. The van der Waals surface area contributed by atoms with Gasteiger partial charge >= 0.3 is 0 Å². The van der Waals surface area contributed by atoms with Crippen LogP contribution >= 0.6 is 11.3 Å². The van der Waals surface area contributed by atoms with Crippen LogP contribution in [-0.2, 0) is 0 Å². The Hall–Kier alpha value is -2.01. The van der Waals surface area contributed by atoms with Crippen molar-refractivity contribution in [2.75, 3.05) is 13.2 Å². The number of fused-ring (bicyclic) bond motifs is 1. The van der Waals surface area contributed by atoms with E-state index in [-0.39, 0.29) is 11.9 Å². The summed E-state index contributed by atoms with van der Waals surface area (Å²) in [5.74, 6) is 1.51. The molecule has 0 saturated carbocycles. The molecule has 3 rings (SSSR count). The van der Waals surface area contributed by atoms with Crippen LogP contribution in [0.5, 0.6) is 11.5 Å². The van der Waals surface area contributed by atoms with Gasteiger partial charge in [0.05, 0.1) is 24.1 Å². The first kappa shape index (κ1) is 14.9. The van der Waals surface area contributed by atoms with Crippen molar-refractivity contribution in [2.24, 2.45) is 0 Å². The van der Waals surface area contributed by atoms with E-state index in [0.717, 1.165) is 34.8 Å². The van der Waals surface area contributed by atoms with Gasteiger partial charge in [-0.3, -0.25) is 4.79 Å². The van der Waals surface area contributed by atoms with E-state index in [0.29, 0.717) is 13.2 Å². The lowest BCUT2D eigenvalue weighted by Gasteiger charge is -2.18. The normalized spacial score (nSPS) is 15.0. The molecular formula is C17H19NO3S. The third kappa shape index (κ3) is 3.25. The van der Waals surface area contributed by atoms with Gasteiger partial charge in [0.25, 0.3) is 5.91 Å². The fraction of sp³-hybridized carbons (Fsp3) is 0.353. The summed E-state index contributed by atoms with van der Waals surface area (Å²) >= 11 is 1.45. The number of amides is 1. The maximum atomic E-state index is 12.2. The Morgan fingerprint density at radius 3 is 2.82 bits per heavy atom. The molecular weight excluding hydrogens is 298 g/mol. The molecule has 116 valence electrons. The SMILES string of the molecule is CC[C@@H](NC(=O)c1cccs1)c1ccc2c(c1)OCCCO2. The summed E-state index contributed by atoms with van der Waals surface area (Å²) in [6, 6.07) is 9.58. The Morgan fingerprint density at radius 2 is 2.09 bits per heavy atom. The van der Waals surface area contributed by atoms with Gasteiger partial charge in [0.1, 0.15) is 0 Å². The van der Waals surface area contributed by atoms with Crippen LogP contribution in [0.2, 0.25) is 0 Å². The maximum Gasteiger partial charge on any atom is 0.261 e. The molecule has 0 saturated heterocycles. The number of carbonyl (C=O) groups is 1. The van der Waals surface area contributed by atoms with Gasteiger partial charge in [-0.25, -0.2) is 0 Å². The van der Waals surface area contributed by atoms with Crippen molar-refractivity contribution < 1.29 is 14.3 Å². The molecule has 4 nitrogen and oxygen atoms in total. The molecule has 22 heavy (non-hydrogen) atoms. The van der Waals surface area contributed by atoms with Crippen molar-refractivity contribution >= 4 is 17.2 Å². The molecule has 1 aromatic carbocycles. The molecule has 0 spiro atoms. The molecule has 2 heterocycles. The lowest BCUT2D eigenvalue weighted by Crippen LogP contribution is -2.27. The van der Waals surface area contributed by atoms with Crippen LogP contribution in [0.1, 0.15) is 41.0 Å². The summed E-state index contributed by atoms with van der Waals surface area (Å²) in [6.45, 7) is 3.40. The number of nitrogens with one attached hydrogen (secondary N) is 1. The second-order valence-electron chi connectivity index (χ2n) is 5.17. The fourth-order valence-corrected chi connectivity index (χ4v) is 3.08. The molecule has 0 radical (unpaired) electrons. The van der Waals surface area contributed by atoms with E-state index in [2.05, 4.69) is 12.2 Å². The predicted octanol–water partition coefficient (Wildman–Crippen LogP) is 3.79. The minimum Gasteiger partial charge on any atom is -0.490 e. The van der Waals surface area contributed by atoms with Gasteiger partial charge in [0.15, 0.2) is 11.5 Å². The van der Waals surface area contributed by atoms with Gasteiger partial charge in [0.2, 0.25) is 0 Å². The summed E-state index contributed by atoms with van der Waals surface area (Å²) in [5, 5.41) is 4.99. The number of rotatable bonds is 4. The molecule has 5 heteroatoms. The number of ether oxygens (including phenoxy) is 2. The zero-order valence-electron chi connectivity index (χ0n) is 12.5. The van der Waals surface area contributed by atoms with Crippen molar-refractivity contribution in [1.82, 2.24) is 5.32 Å². The van der Waals surface area contributed by atoms with Gasteiger partial charge in [-0.1, -0.05) is 19.1 Å². The molecule has 1 N–H and O–H groups in total. The van der Waals surface area contributed by atoms with E-state index in [1.54, 1.807) is 0 Å². The Bertz CT molecular complexity index is 639. The Balaban J connectivity index is 1.78. The molecule has 1 atom stereocenters. The quantitative estimate of drug-likeness (QED) is 0.933. The van der Waals surface area contributed by atoms with Crippen molar-refractivity contribution in [2.45, 2.75) is 25.8 Å². The largest absolute Gasteiger partial charge is 0.490 e. The number of thiophene rings is 1. The van der Waals surface area contributed by atoms with E-state index in [4.69, 9.17) is 9.47 Å². The third-order valence-corrected chi connectivity index (χ3v) is 4.50. The third-order valence-electron chi connectivity index (χ3n) is 3.63. The topological polar surface area (TPSA) is 47.6 Å². The fourth-order valence-electron chi connectivity index (χ4n) is 2.45. The van der Waals surface area contributed by atoms with Crippen molar-refractivity contribution in [1.29, 1.82) is 0 Å². The first-order valence-electron chi connectivity index (χ1n) is 7.52. The first-order valence-corrected chi connectivity index (χ1v) is 8.40. The van der Waals surface area contributed by atoms with Crippen LogP contribution in [-0.4, -0.2) is 19.1 Å². The zero-order valence-corrected chi connectivity index (χ0v) is 13.3. The van der Waals surface area contributed by atoms with E-state index in [1.165, 1.54) is 11.3 Å². The molecule has 0 bridgehead atoms. The lowest BCUT2D eigenvalue weighted by molar-refractivity contribution is 0.0939. The monoisotopic (exact) mass is 317 g/mol. The van der Waals surface area contributed by atoms with E-state index >= 15 is 0 Å². The number of carbonyl (C=O) groups excluding carboxylic acids is 1. The molecule has 0 unspecified atom stereocenters.